The molecule has 0 aliphatic heterocycles. The Bertz CT molecular complexity index is 672. The van der Waals surface area contributed by atoms with Crippen molar-refractivity contribution in [3.05, 3.63) is 102 Å². The lowest BCUT2D eigenvalue weighted by molar-refractivity contribution is 1.13. The lowest BCUT2D eigenvalue weighted by atomic mass is 9.87. The van der Waals surface area contributed by atoms with Crippen molar-refractivity contribution in [1.29, 1.82) is 0 Å². The molecule has 0 spiro atoms. The van der Waals surface area contributed by atoms with Crippen molar-refractivity contribution in [1.82, 2.24) is 0 Å². The van der Waals surface area contributed by atoms with Crippen LogP contribution in [-0.2, 0) is 6.42 Å². The van der Waals surface area contributed by atoms with Crippen molar-refractivity contribution in [2.24, 2.45) is 0 Å². The van der Waals surface area contributed by atoms with Gasteiger partial charge in [0, 0.05) is 0 Å². The van der Waals surface area contributed by atoms with E-state index in [9.17, 15) is 0 Å². The van der Waals surface area contributed by atoms with Crippen LogP contribution in [0.2, 0.25) is 0 Å². The van der Waals surface area contributed by atoms with E-state index in [1.54, 1.807) is 0 Å². The number of aryl methyl sites for hydroxylation is 1. The summed E-state index contributed by atoms with van der Waals surface area (Å²) in [7, 11) is 0. The van der Waals surface area contributed by atoms with Crippen molar-refractivity contribution >= 4 is 5.57 Å². The molecule has 21 heavy (non-hydrogen) atoms. The number of allylic oxidation sites excluding steroid dienone is 3. The first-order valence-corrected chi connectivity index (χ1v) is 7.35. The van der Waals surface area contributed by atoms with Crippen LogP contribution in [0, 0.1) is 0 Å². The van der Waals surface area contributed by atoms with Crippen LogP contribution in [0.4, 0.5) is 0 Å². The lowest BCUT2D eigenvalue weighted by Crippen LogP contribution is -1.98. The summed E-state index contributed by atoms with van der Waals surface area (Å²) in [6, 6.07) is 19.1. The van der Waals surface area contributed by atoms with Crippen molar-refractivity contribution in [2.75, 3.05) is 0 Å². The molecular weight excluding hydrogens is 252 g/mol. The van der Waals surface area contributed by atoms with Gasteiger partial charge < -0.3 is 0 Å². The highest BCUT2D eigenvalue weighted by Gasteiger charge is 2.13. The van der Waals surface area contributed by atoms with Gasteiger partial charge in [0.1, 0.15) is 0 Å². The van der Waals surface area contributed by atoms with E-state index in [1.165, 1.54) is 22.3 Å². The van der Waals surface area contributed by atoms with E-state index in [2.05, 4.69) is 68.6 Å². The molecule has 0 heterocycles. The van der Waals surface area contributed by atoms with Crippen LogP contribution in [0.15, 0.2) is 85.0 Å². The van der Waals surface area contributed by atoms with Crippen LogP contribution in [0.3, 0.4) is 0 Å². The second-order valence-electron chi connectivity index (χ2n) is 5.15. The zero-order valence-electron chi connectivity index (χ0n) is 12.9. The van der Waals surface area contributed by atoms with Gasteiger partial charge in [-0.3, -0.25) is 0 Å². The third kappa shape index (κ3) is 3.22. The van der Waals surface area contributed by atoms with Gasteiger partial charge >= 0.3 is 0 Å². The molecule has 0 nitrogen and oxygen atoms in total. The average molecular weight is 274 g/mol. The Morgan fingerprint density at radius 3 is 2.19 bits per heavy atom. The van der Waals surface area contributed by atoms with Gasteiger partial charge in [-0.15, -0.1) is 0 Å². The Balaban J connectivity index is 2.79. The van der Waals surface area contributed by atoms with Crippen LogP contribution in [0.1, 0.15) is 30.5 Å². The molecule has 0 radical (unpaired) electrons. The normalized spacial score (nSPS) is 11.7. The van der Waals surface area contributed by atoms with Crippen LogP contribution < -0.4 is 0 Å². The molecule has 2 aromatic carbocycles. The minimum Gasteiger partial charge on any atom is -0.0984 e. The minimum atomic E-state index is 1.01. The van der Waals surface area contributed by atoms with Gasteiger partial charge in [0.05, 0.1) is 0 Å². The van der Waals surface area contributed by atoms with Crippen LogP contribution in [0.25, 0.3) is 5.57 Å². The zero-order valence-corrected chi connectivity index (χ0v) is 12.9. The Morgan fingerprint density at radius 1 is 1.00 bits per heavy atom. The van der Waals surface area contributed by atoms with Gasteiger partial charge in [-0.2, -0.15) is 0 Å². The van der Waals surface area contributed by atoms with E-state index in [-0.39, 0.29) is 0 Å². The van der Waals surface area contributed by atoms with Crippen molar-refractivity contribution < 1.29 is 0 Å². The quantitative estimate of drug-likeness (QED) is 0.603. The maximum absolute atomic E-state index is 4.12. The van der Waals surface area contributed by atoms with Crippen molar-refractivity contribution in [3.63, 3.8) is 0 Å². The summed E-state index contributed by atoms with van der Waals surface area (Å²) in [5, 5.41) is 0. The predicted molar refractivity (Wildman–Crippen MR) is 93.3 cm³/mol. The third-order valence-electron chi connectivity index (χ3n) is 3.66. The van der Waals surface area contributed by atoms with Gasteiger partial charge in [-0.05, 0) is 41.2 Å². The van der Waals surface area contributed by atoms with Crippen LogP contribution >= 0.6 is 0 Å². The Kier molecular flexibility index (Phi) is 4.94. The maximum atomic E-state index is 4.12. The molecule has 2 rings (SSSR count). The summed E-state index contributed by atoms with van der Waals surface area (Å²) in [5.41, 5.74) is 7.18. The fourth-order valence-electron chi connectivity index (χ4n) is 2.62. The summed E-state index contributed by atoms with van der Waals surface area (Å²) in [4.78, 5) is 0. The molecule has 0 amide bonds. The lowest BCUT2D eigenvalue weighted by Gasteiger charge is -2.17. The zero-order chi connectivity index (χ0) is 15.2. The van der Waals surface area contributed by atoms with Crippen LogP contribution in [0.5, 0.6) is 0 Å². The first-order chi connectivity index (χ1) is 10.2. The number of hydrogen-bond donors (Lipinski definition) is 0. The van der Waals surface area contributed by atoms with E-state index in [0.717, 1.165) is 17.6 Å². The van der Waals surface area contributed by atoms with E-state index in [4.69, 9.17) is 0 Å². The molecule has 0 heteroatoms. The molecule has 2 aromatic rings. The minimum absolute atomic E-state index is 1.01. The molecule has 0 aliphatic carbocycles. The highest BCUT2D eigenvalue weighted by molar-refractivity contribution is 5.87. The fourth-order valence-corrected chi connectivity index (χ4v) is 2.62. The molecule has 0 saturated heterocycles. The van der Waals surface area contributed by atoms with Crippen LogP contribution in [-0.4, -0.2) is 0 Å². The number of rotatable bonds is 5. The van der Waals surface area contributed by atoms with E-state index in [0.29, 0.717) is 0 Å². The fraction of sp³-hybridized carbons (Fsp3) is 0.143. The number of hydrogen-bond acceptors (Lipinski definition) is 0. The molecule has 0 saturated carbocycles. The average Bonchev–Trinajstić information content (AvgIpc) is 2.53. The Morgan fingerprint density at radius 2 is 1.62 bits per heavy atom. The van der Waals surface area contributed by atoms with Gasteiger partial charge in [0.25, 0.3) is 0 Å². The largest absolute Gasteiger partial charge is 0.0984 e. The summed E-state index contributed by atoms with van der Waals surface area (Å²) >= 11 is 0. The highest BCUT2D eigenvalue weighted by atomic mass is 14.2. The van der Waals surface area contributed by atoms with Gasteiger partial charge in [0.15, 0.2) is 0 Å². The van der Waals surface area contributed by atoms with E-state index < -0.39 is 0 Å². The molecule has 0 N–H and O–H groups in total. The van der Waals surface area contributed by atoms with Crippen molar-refractivity contribution in [2.45, 2.75) is 20.3 Å². The summed E-state index contributed by atoms with van der Waals surface area (Å²) in [5.74, 6) is 0. The molecule has 106 valence electrons. The summed E-state index contributed by atoms with van der Waals surface area (Å²) < 4.78 is 0. The third-order valence-corrected chi connectivity index (χ3v) is 3.66. The first-order valence-electron chi connectivity index (χ1n) is 7.35. The SMILES string of the molecule is C=C/C(C(=C)C)=C(/c1ccccc1)c1ccccc1CC. The Hall–Kier alpha value is -2.34. The predicted octanol–water partition coefficient (Wildman–Crippen LogP) is 5.81. The molecule has 0 aromatic heterocycles. The molecule has 0 aliphatic rings. The summed E-state index contributed by atoms with van der Waals surface area (Å²) in [6.45, 7) is 12.3. The first kappa shape index (κ1) is 15.1. The molecule has 0 atom stereocenters. The summed E-state index contributed by atoms with van der Waals surface area (Å²) in [6.07, 6.45) is 2.92. The standard InChI is InChI=1S/C21H22/c1-5-17-12-10-11-15-20(17)21(19(6-2)16(3)4)18-13-8-7-9-14-18/h6-15H,2-3,5H2,1,4H3/b21-19+. The van der Waals surface area contributed by atoms with Gasteiger partial charge in [0.2, 0.25) is 0 Å². The smallest absolute Gasteiger partial charge is 0.00339 e. The molecular formula is C21H22. The van der Waals surface area contributed by atoms with Crippen molar-refractivity contribution in [3.8, 4) is 0 Å². The second kappa shape index (κ2) is 6.90. The van der Waals surface area contributed by atoms with Gasteiger partial charge in [-0.1, -0.05) is 86.3 Å². The van der Waals surface area contributed by atoms with E-state index in [1.807, 2.05) is 19.1 Å². The molecule has 0 unspecified atom stereocenters. The topological polar surface area (TPSA) is 0 Å². The number of benzene rings is 2. The maximum Gasteiger partial charge on any atom is -0.00339 e. The monoisotopic (exact) mass is 274 g/mol. The van der Waals surface area contributed by atoms with E-state index >= 15 is 0 Å². The Labute approximate surface area is 128 Å². The second-order valence-corrected chi connectivity index (χ2v) is 5.15. The molecule has 0 bridgehead atoms. The highest BCUT2D eigenvalue weighted by Crippen LogP contribution is 2.32. The van der Waals surface area contributed by atoms with Gasteiger partial charge in [-0.25, -0.2) is 0 Å². The molecule has 0 fully saturated rings.